The molecule has 5 heteroatoms. The SMILES string of the molecule is C=C(Br)CNC(=O)N1CCCC(OCC)C1. The second-order valence-electron chi connectivity index (χ2n) is 3.84. The number of halogens is 1. The minimum Gasteiger partial charge on any atom is -0.377 e. The molecule has 1 N–H and O–H groups in total. The molecule has 2 amide bonds. The van der Waals surface area contributed by atoms with E-state index in [9.17, 15) is 4.79 Å². The molecule has 0 aromatic heterocycles. The third-order valence-electron chi connectivity index (χ3n) is 2.50. The van der Waals surface area contributed by atoms with Crippen LogP contribution < -0.4 is 5.32 Å². The Morgan fingerprint density at radius 2 is 2.44 bits per heavy atom. The fourth-order valence-corrected chi connectivity index (χ4v) is 1.92. The number of hydrogen-bond donors (Lipinski definition) is 1. The van der Waals surface area contributed by atoms with Crippen LogP contribution in [0.3, 0.4) is 0 Å². The van der Waals surface area contributed by atoms with Crippen LogP contribution in [-0.2, 0) is 4.74 Å². The van der Waals surface area contributed by atoms with Crippen LogP contribution in [0.2, 0.25) is 0 Å². The van der Waals surface area contributed by atoms with Crippen molar-refractivity contribution in [1.82, 2.24) is 10.2 Å². The van der Waals surface area contributed by atoms with E-state index in [0.717, 1.165) is 23.9 Å². The van der Waals surface area contributed by atoms with Gasteiger partial charge in [-0.15, -0.1) is 0 Å². The van der Waals surface area contributed by atoms with E-state index >= 15 is 0 Å². The van der Waals surface area contributed by atoms with Gasteiger partial charge in [0.25, 0.3) is 0 Å². The Kier molecular flexibility index (Phi) is 5.84. The molecule has 1 heterocycles. The lowest BCUT2D eigenvalue weighted by Gasteiger charge is -2.32. The fraction of sp³-hybridized carbons (Fsp3) is 0.727. The van der Waals surface area contributed by atoms with Crippen LogP contribution >= 0.6 is 15.9 Å². The van der Waals surface area contributed by atoms with Crippen molar-refractivity contribution in [3.8, 4) is 0 Å². The van der Waals surface area contributed by atoms with Gasteiger partial charge in [0.15, 0.2) is 0 Å². The summed E-state index contributed by atoms with van der Waals surface area (Å²) in [4.78, 5) is 13.6. The monoisotopic (exact) mass is 290 g/mol. The zero-order valence-electron chi connectivity index (χ0n) is 9.67. The van der Waals surface area contributed by atoms with Crippen molar-refractivity contribution >= 4 is 22.0 Å². The third-order valence-corrected chi connectivity index (χ3v) is 2.78. The molecular formula is C11H19BrN2O2. The first-order valence-electron chi connectivity index (χ1n) is 5.61. The molecule has 1 aliphatic rings. The number of carbonyl (C=O) groups excluding carboxylic acids is 1. The molecule has 0 aliphatic carbocycles. The van der Waals surface area contributed by atoms with Crippen molar-refractivity contribution in [3.63, 3.8) is 0 Å². The molecule has 1 aliphatic heterocycles. The molecule has 0 bridgehead atoms. The second-order valence-corrected chi connectivity index (χ2v) is 4.96. The minimum absolute atomic E-state index is 0.0370. The lowest BCUT2D eigenvalue weighted by Crippen LogP contribution is -2.48. The molecule has 0 aromatic carbocycles. The van der Waals surface area contributed by atoms with Gasteiger partial charge in [-0.3, -0.25) is 0 Å². The van der Waals surface area contributed by atoms with Crippen molar-refractivity contribution in [1.29, 1.82) is 0 Å². The number of ether oxygens (including phenoxy) is 1. The van der Waals surface area contributed by atoms with E-state index in [0.29, 0.717) is 19.7 Å². The van der Waals surface area contributed by atoms with Gasteiger partial charge in [-0.25, -0.2) is 4.79 Å². The Morgan fingerprint density at radius 3 is 3.06 bits per heavy atom. The molecule has 0 radical (unpaired) electrons. The number of nitrogens with zero attached hydrogens (tertiary/aromatic N) is 1. The summed E-state index contributed by atoms with van der Waals surface area (Å²) in [6, 6.07) is -0.0370. The zero-order valence-corrected chi connectivity index (χ0v) is 11.3. The number of carbonyl (C=O) groups is 1. The second kappa shape index (κ2) is 6.91. The number of nitrogens with one attached hydrogen (secondary N) is 1. The topological polar surface area (TPSA) is 41.6 Å². The van der Waals surface area contributed by atoms with E-state index < -0.39 is 0 Å². The van der Waals surface area contributed by atoms with Gasteiger partial charge in [-0.05, 0) is 19.8 Å². The van der Waals surface area contributed by atoms with Crippen LogP contribution in [0.5, 0.6) is 0 Å². The number of urea groups is 1. The Balaban J connectivity index is 2.34. The van der Waals surface area contributed by atoms with E-state index in [4.69, 9.17) is 4.74 Å². The minimum atomic E-state index is -0.0370. The zero-order chi connectivity index (χ0) is 12.0. The highest BCUT2D eigenvalue weighted by Gasteiger charge is 2.23. The standard InChI is InChI=1S/C11H19BrN2O2/c1-3-16-10-5-4-6-14(8-10)11(15)13-7-9(2)12/h10H,2-8H2,1H3,(H,13,15). The lowest BCUT2D eigenvalue weighted by molar-refractivity contribution is 0.0166. The predicted octanol–water partition coefficient (Wildman–Crippen LogP) is 2.11. The van der Waals surface area contributed by atoms with Gasteiger partial charge in [-0.1, -0.05) is 22.5 Å². The van der Waals surface area contributed by atoms with Crippen LogP contribution in [0.1, 0.15) is 19.8 Å². The smallest absolute Gasteiger partial charge is 0.317 e. The number of piperidine rings is 1. The van der Waals surface area contributed by atoms with Gasteiger partial charge in [0.05, 0.1) is 12.6 Å². The summed E-state index contributed by atoms with van der Waals surface area (Å²) in [5.74, 6) is 0. The van der Waals surface area contributed by atoms with Gasteiger partial charge in [0.1, 0.15) is 0 Å². The average molecular weight is 291 g/mol. The summed E-state index contributed by atoms with van der Waals surface area (Å²) in [6.07, 6.45) is 2.24. The van der Waals surface area contributed by atoms with E-state index in [-0.39, 0.29) is 12.1 Å². The molecule has 1 atom stereocenters. The van der Waals surface area contributed by atoms with Crippen molar-refractivity contribution in [2.75, 3.05) is 26.2 Å². The van der Waals surface area contributed by atoms with Crippen LogP contribution in [-0.4, -0.2) is 43.3 Å². The van der Waals surface area contributed by atoms with Crippen molar-refractivity contribution in [3.05, 3.63) is 11.1 Å². The first kappa shape index (κ1) is 13.5. The number of likely N-dealkylation sites (tertiary alicyclic amines) is 1. The highest BCUT2D eigenvalue weighted by Crippen LogP contribution is 2.13. The molecule has 1 unspecified atom stereocenters. The number of hydrogen-bond acceptors (Lipinski definition) is 2. The average Bonchev–Trinajstić information content (AvgIpc) is 2.26. The molecule has 0 spiro atoms. The van der Waals surface area contributed by atoms with Crippen molar-refractivity contribution < 1.29 is 9.53 Å². The number of rotatable bonds is 4. The maximum absolute atomic E-state index is 11.7. The highest BCUT2D eigenvalue weighted by molar-refractivity contribution is 9.11. The van der Waals surface area contributed by atoms with E-state index in [1.165, 1.54) is 0 Å². The molecule has 4 nitrogen and oxygen atoms in total. The first-order chi connectivity index (χ1) is 7.63. The number of amides is 2. The molecule has 0 saturated carbocycles. The molecule has 1 fully saturated rings. The molecule has 92 valence electrons. The predicted molar refractivity (Wildman–Crippen MR) is 67.7 cm³/mol. The van der Waals surface area contributed by atoms with Crippen molar-refractivity contribution in [2.24, 2.45) is 0 Å². The van der Waals surface area contributed by atoms with Gasteiger partial charge in [-0.2, -0.15) is 0 Å². The van der Waals surface area contributed by atoms with E-state index in [1.807, 2.05) is 6.92 Å². The Labute approximate surface area is 105 Å². The Bertz CT molecular complexity index is 256. The third kappa shape index (κ3) is 4.53. The van der Waals surface area contributed by atoms with Crippen LogP contribution in [0, 0.1) is 0 Å². The molecular weight excluding hydrogens is 272 g/mol. The van der Waals surface area contributed by atoms with Crippen LogP contribution in [0.4, 0.5) is 4.79 Å². The summed E-state index contributed by atoms with van der Waals surface area (Å²) in [5.41, 5.74) is 0. The van der Waals surface area contributed by atoms with Gasteiger partial charge in [0, 0.05) is 24.2 Å². The van der Waals surface area contributed by atoms with E-state index in [1.54, 1.807) is 4.90 Å². The normalized spacial score (nSPS) is 20.6. The Hall–Kier alpha value is -0.550. The van der Waals surface area contributed by atoms with Gasteiger partial charge < -0.3 is 15.0 Å². The van der Waals surface area contributed by atoms with Gasteiger partial charge in [0.2, 0.25) is 0 Å². The molecule has 1 rings (SSSR count). The van der Waals surface area contributed by atoms with Crippen LogP contribution in [0.15, 0.2) is 11.1 Å². The fourth-order valence-electron chi connectivity index (χ4n) is 1.78. The maximum atomic E-state index is 11.7. The van der Waals surface area contributed by atoms with E-state index in [2.05, 4.69) is 27.8 Å². The summed E-state index contributed by atoms with van der Waals surface area (Å²) in [7, 11) is 0. The maximum Gasteiger partial charge on any atom is 0.317 e. The lowest BCUT2D eigenvalue weighted by atomic mass is 10.1. The van der Waals surface area contributed by atoms with Crippen LogP contribution in [0.25, 0.3) is 0 Å². The first-order valence-corrected chi connectivity index (χ1v) is 6.40. The summed E-state index contributed by atoms with van der Waals surface area (Å²) < 4.78 is 6.32. The molecule has 0 aromatic rings. The quantitative estimate of drug-likeness (QED) is 0.862. The highest BCUT2D eigenvalue weighted by atomic mass is 79.9. The molecule has 1 saturated heterocycles. The summed E-state index contributed by atoms with van der Waals surface area (Å²) in [5, 5.41) is 2.80. The summed E-state index contributed by atoms with van der Waals surface area (Å²) >= 11 is 3.21. The van der Waals surface area contributed by atoms with Gasteiger partial charge >= 0.3 is 6.03 Å². The summed E-state index contributed by atoms with van der Waals surface area (Å²) in [6.45, 7) is 8.33. The largest absolute Gasteiger partial charge is 0.377 e. The Morgan fingerprint density at radius 1 is 1.69 bits per heavy atom. The van der Waals surface area contributed by atoms with Crippen molar-refractivity contribution in [2.45, 2.75) is 25.9 Å². The molecule has 16 heavy (non-hydrogen) atoms.